The third kappa shape index (κ3) is 7.04. The van der Waals surface area contributed by atoms with Crippen molar-refractivity contribution in [3.63, 3.8) is 0 Å². The molecule has 2 amide bonds. The van der Waals surface area contributed by atoms with Gasteiger partial charge in [0.2, 0.25) is 21.8 Å². The first-order valence-corrected chi connectivity index (χ1v) is 11.2. The van der Waals surface area contributed by atoms with Crippen molar-refractivity contribution in [2.75, 3.05) is 18.5 Å². The number of hydrogen-bond donors (Lipinski definition) is 3. The molecular formula is C21H26FN3O5S. The average Bonchev–Trinajstić information content (AvgIpc) is 2.72. The van der Waals surface area contributed by atoms with Crippen LogP contribution in [0.1, 0.15) is 20.8 Å². The molecule has 0 fully saturated rings. The molecule has 0 aliphatic rings. The van der Waals surface area contributed by atoms with E-state index in [1.54, 1.807) is 38.1 Å². The molecule has 0 saturated carbocycles. The Morgan fingerprint density at radius 3 is 2.29 bits per heavy atom. The first-order chi connectivity index (χ1) is 14.6. The average molecular weight is 452 g/mol. The van der Waals surface area contributed by atoms with E-state index in [2.05, 4.69) is 15.4 Å². The molecule has 3 N–H and O–H groups in total. The Hall–Kier alpha value is -2.98. The lowest BCUT2D eigenvalue weighted by molar-refractivity contribution is -0.126. The second kappa shape index (κ2) is 10.9. The van der Waals surface area contributed by atoms with Crippen molar-refractivity contribution < 1.29 is 27.1 Å². The van der Waals surface area contributed by atoms with Gasteiger partial charge in [0.25, 0.3) is 0 Å². The van der Waals surface area contributed by atoms with Gasteiger partial charge in [0.15, 0.2) is 0 Å². The van der Waals surface area contributed by atoms with Gasteiger partial charge in [-0.3, -0.25) is 9.59 Å². The van der Waals surface area contributed by atoms with E-state index in [1.807, 2.05) is 6.92 Å². The van der Waals surface area contributed by atoms with Gasteiger partial charge in [-0.15, -0.1) is 0 Å². The van der Waals surface area contributed by atoms with E-state index in [0.29, 0.717) is 18.0 Å². The lowest BCUT2D eigenvalue weighted by Crippen LogP contribution is -2.51. The molecule has 0 aliphatic heterocycles. The van der Waals surface area contributed by atoms with Crippen molar-refractivity contribution in [3.8, 4) is 5.75 Å². The standard InChI is InChI=1S/C21H26FN3O5S/c1-4-30-16-11-9-15(10-12-16)24-19(26)13-23-21(27)20(14(2)3)25-31(28,29)18-8-6-5-7-17(18)22/h5-12,14,20,25H,4,13H2,1-3H3,(H,23,27)(H,24,26)/t20-/m0/s1. The minimum absolute atomic E-state index is 0.364. The van der Waals surface area contributed by atoms with Gasteiger partial charge >= 0.3 is 0 Å². The summed E-state index contributed by atoms with van der Waals surface area (Å²) < 4.78 is 46.4. The Kier molecular flexibility index (Phi) is 8.52. The Balaban J connectivity index is 1.97. The van der Waals surface area contributed by atoms with Crippen molar-refractivity contribution in [1.29, 1.82) is 0 Å². The number of amides is 2. The second-order valence-electron chi connectivity index (χ2n) is 7.00. The van der Waals surface area contributed by atoms with Crippen molar-refractivity contribution in [2.45, 2.75) is 31.7 Å². The molecule has 2 rings (SSSR count). The third-order valence-corrected chi connectivity index (χ3v) is 5.70. The van der Waals surface area contributed by atoms with E-state index in [1.165, 1.54) is 12.1 Å². The summed E-state index contributed by atoms with van der Waals surface area (Å²) in [5, 5.41) is 5.03. The number of ether oxygens (including phenoxy) is 1. The van der Waals surface area contributed by atoms with Crippen LogP contribution in [0, 0.1) is 11.7 Å². The van der Waals surface area contributed by atoms with Crippen LogP contribution < -0.4 is 20.1 Å². The van der Waals surface area contributed by atoms with Crippen LogP contribution in [-0.2, 0) is 19.6 Å². The van der Waals surface area contributed by atoms with Gasteiger partial charge < -0.3 is 15.4 Å². The van der Waals surface area contributed by atoms with Crippen LogP contribution in [0.5, 0.6) is 5.75 Å². The van der Waals surface area contributed by atoms with Crippen LogP contribution in [0.4, 0.5) is 10.1 Å². The molecule has 0 heterocycles. The smallest absolute Gasteiger partial charge is 0.244 e. The molecule has 0 radical (unpaired) electrons. The molecule has 0 saturated heterocycles. The Bertz CT molecular complexity index is 1010. The van der Waals surface area contributed by atoms with Crippen LogP contribution in [0.2, 0.25) is 0 Å². The molecule has 2 aromatic carbocycles. The largest absolute Gasteiger partial charge is 0.494 e. The van der Waals surface area contributed by atoms with Crippen LogP contribution in [0.3, 0.4) is 0 Å². The molecule has 0 aromatic heterocycles. The highest BCUT2D eigenvalue weighted by molar-refractivity contribution is 7.89. The van der Waals surface area contributed by atoms with Crippen molar-refractivity contribution in [2.24, 2.45) is 5.92 Å². The minimum Gasteiger partial charge on any atom is -0.494 e. The quantitative estimate of drug-likeness (QED) is 0.513. The number of benzene rings is 2. The number of halogens is 1. The van der Waals surface area contributed by atoms with Crippen molar-refractivity contribution in [1.82, 2.24) is 10.0 Å². The van der Waals surface area contributed by atoms with Gasteiger partial charge in [0.05, 0.1) is 13.2 Å². The topological polar surface area (TPSA) is 114 Å². The summed E-state index contributed by atoms with van der Waals surface area (Å²) in [6.45, 7) is 5.29. The number of carbonyl (C=O) groups excluding carboxylic acids is 2. The first-order valence-electron chi connectivity index (χ1n) is 9.71. The summed E-state index contributed by atoms with van der Waals surface area (Å²) in [5.41, 5.74) is 0.517. The van der Waals surface area contributed by atoms with Crippen LogP contribution in [0.15, 0.2) is 53.4 Å². The highest BCUT2D eigenvalue weighted by atomic mass is 32.2. The SMILES string of the molecule is CCOc1ccc(NC(=O)CNC(=O)[C@@H](NS(=O)(=O)c2ccccc2F)C(C)C)cc1. The van der Waals surface area contributed by atoms with Crippen LogP contribution in [-0.4, -0.2) is 39.4 Å². The molecule has 0 aliphatic carbocycles. The zero-order valence-electron chi connectivity index (χ0n) is 17.5. The first kappa shape index (κ1) is 24.3. The summed E-state index contributed by atoms with van der Waals surface area (Å²) in [5.74, 6) is -1.90. The monoisotopic (exact) mass is 451 g/mol. The number of anilines is 1. The fraction of sp³-hybridized carbons (Fsp3) is 0.333. The number of carbonyl (C=O) groups is 2. The Morgan fingerprint density at radius 2 is 1.71 bits per heavy atom. The zero-order valence-corrected chi connectivity index (χ0v) is 18.3. The Labute approximate surface area is 181 Å². The van der Waals surface area contributed by atoms with Gasteiger partial charge in [0, 0.05) is 5.69 Å². The molecule has 31 heavy (non-hydrogen) atoms. The summed E-state index contributed by atoms with van der Waals surface area (Å²) in [7, 11) is -4.27. The summed E-state index contributed by atoms with van der Waals surface area (Å²) in [6.07, 6.45) is 0. The predicted molar refractivity (Wildman–Crippen MR) is 115 cm³/mol. The van der Waals surface area contributed by atoms with Gasteiger partial charge in [-0.05, 0) is 49.2 Å². The van der Waals surface area contributed by atoms with E-state index in [-0.39, 0.29) is 6.54 Å². The molecule has 168 valence electrons. The van der Waals surface area contributed by atoms with E-state index in [4.69, 9.17) is 4.74 Å². The maximum Gasteiger partial charge on any atom is 0.244 e. The van der Waals surface area contributed by atoms with Gasteiger partial charge in [-0.1, -0.05) is 26.0 Å². The number of hydrogen-bond acceptors (Lipinski definition) is 5. The van der Waals surface area contributed by atoms with Crippen molar-refractivity contribution in [3.05, 3.63) is 54.3 Å². The molecule has 1 atom stereocenters. The molecule has 0 unspecified atom stereocenters. The van der Waals surface area contributed by atoms with Crippen molar-refractivity contribution >= 4 is 27.5 Å². The number of sulfonamides is 1. The molecular weight excluding hydrogens is 425 g/mol. The van der Waals surface area contributed by atoms with Gasteiger partial charge in [-0.25, -0.2) is 12.8 Å². The second-order valence-corrected chi connectivity index (χ2v) is 8.68. The van der Waals surface area contributed by atoms with E-state index in [0.717, 1.165) is 12.1 Å². The molecule has 0 bridgehead atoms. The van der Waals surface area contributed by atoms with Gasteiger partial charge in [0.1, 0.15) is 22.5 Å². The molecule has 8 nitrogen and oxygen atoms in total. The van der Waals surface area contributed by atoms with E-state index < -0.39 is 44.5 Å². The summed E-state index contributed by atoms with van der Waals surface area (Å²) in [6, 6.07) is 10.4. The van der Waals surface area contributed by atoms with Gasteiger partial charge in [-0.2, -0.15) is 4.72 Å². The Morgan fingerprint density at radius 1 is 1.06 bits per heavy atom. The van der Waals surface area contributed by atoms with Crippen LogP contribution in [0.25, 0.3) is 0 Å². The molecule has 2 aromatic rings. The maximum atomic E-state index is 13.9. The minimum atomic E-state index is -4.27. The predicted octanol–water partition coefficient (Wildman–Crippen LogP) is 2.28. The number of nitrogens with one attached hydrogen (secondary N) is 3. The van der Waals surface area contributed by atoms with E-state index >= 15 is 0 Å². The lowest BCUT2D eigenvalue weighted by atomic mass is 10.1. The van der Waals surface area contributed by atoms with E-state index in [9.17, 15) is 22.4 Å². The lowest BCUT2D eigenvalue weighted by Gasteiger charge is -2.21. The van der Waals surface area contributed by atoms with Crippen LogP contribution >= 0.6 is 0 Å². The highest BCUT2D eigenvalue weighted by Gasteiger charge is 2.29. The molecule has 0 spiro atoms. The zero-order chi connectivity index (χ0) is 23.0. The maximum absolute atomic E-state index is 13.9. The fourth-order valence-electron chi connectivity index (χ4n) is 2.67. The highest BCUT2D eigenvalue weighted by Crippen LogP contribution is 2.16. The summed E-state index contributed by atoms with van der Waals surface area (Å²) in [4.78, 5) is 24.1. The summed E-state index contributed by atoms with van der Waals surface area (Å²) >= 11 is 0. The number of rotatable bonds is 10. The third-order valence-electron chi connectivity index (χ3n) is 4.23. The fourth-order valence-corrected chi connectivity index (χ4v) is 4.09. The normalized spacial score (nSPS) is 12.3. The molecule has 10 heteroatoms.